The fourth-order valence-corrected chi connectivity index (χ4v) is 6.48. The summed E-state index contributed by atoms with van der Waals surface area (Å²) in [7, 11) is 1.22. The number of carbonyl (C=O) groups excluding carboxylic acids is 10. The lowest BCUT2D eigenvalue weighted by molar-refractivity contribution is -0.146. The number of rotatable bonds is 28. The molecule has 9 amide bonds. The molecule has 0 spiro atoms. The first kappa shape index (κ1) is 59.7. The van der Waals surface area contributed by atoms with Crippen LogP contribution >= 0.6 is 0 Å². The summed E-state index contributed by atoms with van der Waals surface area (Å²) in [6, 6.07) is 4.86. The molecular formula is C47H77N9O12. The van der Waals surface area contributed by atoms with Crippen LogP contribution in [0.25, 0.3) is 0 Å². The number of nitrogens with one attached hydrogen (secondary N) is 9. The average molecular weight is 960 g/mol. The maximum absolute atomic E-state index is 13.5. The largest absolute Gasteiger partial charge is 0.467 e. The lowest BCUT2D eigenvalue weighted by Gasteiger charge is -2.29. The Morgan fingerprint density at radius 1 is 0.544 bits per heavy atom. The SMILES string of the molecule is CC[C@H](C)[C@H](NC(=O)CNC(=O)C(C)(C)NC(=O)[C@H](CC(C)C)NC(=O)CNC(=O)CNC(=O)C(C)(C)NC(=O)[C@H](CC(C)C)NC(=O)OCc1ccccc1)C(=O)N[C@@H](CC(C)C)C(=O)OC. The summed E-state index contributed by atoms with van der Waals surface area (Å²) < 4.78 is 10.1. The van der Waals surface area contributed by atoms with Crippen molar-refractivity contribution in [1.29, 1.82) is 0 Å². The van der Waals surface area contributed by atoms with Gasteiger partial charge in [0.05, 0.1) is 26.7 Å². The predicted octanol–water partition coefficient (Wildman–Crippen LogP) is 1.23. The summed E-state index contributed by atoms with van der Waals surface area (Å²) in [6.07, 6.45) is 0.405. The summed E-state index contributed by atoms with van der Waals surface area (Å²) in [4.78, 5) is 130. The van der Waals surface area contributed by atoms with Crippen molar-refractivity contribution < 1.29 is 57.4 Å². The van der Waals surface area contributed by atoms with Crippen LogP contribution in [0.5, 0.6) is 0 Å². The van der Waals surface area contributed by atoms with Crippen molar-refractivity contribution in [3.8, 4) is 0 Å². The number of carbonyl (C=O) groups is 10. The van der Waals surface area contributed by atoms with Crippen LogP contribution in [0.1, 0.15) is 114 Å². The van der Waals surface area contributed by atoms with Crippen LogP contribution in [0.15, 0.2) is 30.3 Å². The van der Waals surface area contributed by atoms with Gasteiger partial charge in [0.1, 0.15) is 41.9 Å². The van der Waals surface area contributed by atoms with Gasteiger partial charge in [0, 0.05) is 0 Å². The van der Waals surface area contributed by atoms with Crippen LogP contribution in [0, 0.1) is 23.7 Å². The summed E-state index contributed by atoms with van der Waals surface area (Å²) in [5.41, 5.74) is -2.37. The van der Waals surface area contributed by atoms with E-state index in [4.69, 9.17) is 9.47 Å². The van der Waals surface area contributed by atoms with E-state index in [1.54, 1.807) is 31.2 Å². The van der Waals surface area contributed by atoms with Crippen LogP contribution < -0.4 is 47.9 Å². The molecule has 0 aliphatic rings. The zero-order chi connectivity index (χ0) is 51.9. The maximum atomic E-state index is 13.5. The summed E-state index contributed by atoms with van der Waals surface area (Å²) in [5.74, 6) is -6.63. The van der Waals surface area contributed by atoms with E-state index in [2.05, 4.69) is 47.9 Å². The highest BCUT2D eigenvalue weighted by Gasteiger charge is 2.36. The molecule has 0 heterocycles. The van der Waals surface area contributed by atoms with E-state index < -0.39 is 114 Å². The third kappa shape index (κ3) is 22.5. The minimum Gasteiger partial charge on any atom is -0.467 e. The Labute approximate surface area is 400 Å². The Morgan fingerprint density at radius 2 is 0.985 bits per heavy atom. The molecule has 0 bridgehead atoms. The molecule has 0 radical (unpaired) electrons. The molecule has 68 heavy (non-hydrogen) atoms. The molecule has 21 nitrogen and oxygen atoms in total. The topological polar surface area (TPSA) is 297 Å². The Balaban J connectivity index is 2.78. The molecule has 1 rings (SSSR count). The van der Waals surface area contributed by atoms with Crippen LogP contribution in [-0.2, 0) is 59.2 Å². The number of methoxy groups -OCH3 is 1. The fourth-order valence-electron chi connectivity index (χ4n) is 6.48. The Kier molecular flexibility index (Phi) is 25.3. The van der Waals surface area contributed by atoms with E-state index in [0.717, 1.165) is 5.56 Å². The number of hydrogen-bond acceptors (Lipinski definition) is 12. The monoisotopic (exact) mass is 960 g/mol. The fraction of sp³-hybridized carbons (Fsp3) is 0.660. The van der Waals surface area contributed by atoms with E-state index in [-0.39, 0.29) is 43.1 Å². The molecule has 382 valence electrons. The Bertz CT molecular complexity index is 1890. The van der Waals surface area contributed by atoms with E-state index in [1.165, 1.54) is 34.8 Å². The van der Waals surface area contributed by atoms with Crippen LogP contribution in [0.4, 0.5) is 4.79 Å². The molecule has 5 atom stereocenters. The number of alkyl carbamates (subject to hydrolysis) is 1. The second-order valence-corrected chi connectivity index (χ2v) is 19.2. The minimum absolute atomic E-state index is 0.00861. The highest BCUT2D eigenvalue weighted by molar-refractivity contribution is 5.98. The summed E-state index contributed by atoms with van der Waals surface area (Å²) in [5, 5.41) is 22.9. The predicted molar refractivity (Wildman–Crippen MR) is 253 cm³/mol. The van der Waals surface area contributed by atoms with Gasteiger partial charge in [-0.15, -0.1) is 0 Å². The molecule has 1 aromatic carbocycles. The standard InChI is InChI=1S/C47H77N9O12/c1-14-30(8)38(41(62)52-34(22-29(6)7)42(63)67-13)54-37(59)25-50-44(65)47(11,12)55-39(60)32(20-27(2)3)51-36(58)24-48-35(57)23-49-43(64)46(9,10)56-40(61)33(21-28(4)5)53-45(66)68-26-31-18-16-15-17-19-31/h15-19,27-30,32-34,38H,14,20-26H2,1-13H3,(H,48,57)(H,49,64)(H,50,65)(H,51,58)(H,52,62)(H,53,66)(H,54,59)(H,55,60)(H,56,61)/t30-,32-,33-,34-,38-/m0/s1. The van der Waals surface area contributed by atoms with E-state index >= 15 is 0 Å². The second kappa shape index (κ2) is 28.8. The molecule has 21 heteroatoms. The van der Waals surface area contributed by atoms with Gasteiger partial charge in [0.2, 0.25) is 47.3 Å². The molecule has 0 aliphatic heterocycles. The smallest absolute Gasteiger partial charge is 0.408 e. The lowest BCUT2D eigenvalue weighted by atomic mass is 9.97. The molecule has 9 N–H and O–H groups in total. The number of esters is 1. The van der Waals surface area contributed by atoms with Crippen molar-refractivity contribution in [2.75, 3.05) is 26.7 Å². The van der Waals surface area contributed by atoms with Gasteiger partial charge in [-0.3, -0.25) is 38.4 Å². The van der Waals surface area contributed by atoms with Crippen LogP contribution in [-0.4, -0.2) is 121 Å². The van der Waals surface area contributed by atoms with E-state index in [0.29, 0.717) is 12.8 Å². The lowest BCUT2D eigenvalue weighted by Crippen LogP contribution is -2.61. The molecule has 0 fully saturated rings. The van der Waals surface area contributed by atoms with Gasteiger partial charge in [-0.2, -0.15) is 0 Å². The van der Waals surface area contributed by atoms with Crippen LogP contribution in [0.3, 0.4) is 0 Å². The quantitative estimate of drug-likeness (QED) is 0.0537. The molecular weight excluding hydrogens is 883 g/mol. The highest BCUT2D eigenvalue weighted by atomic mass is 16.5. The van der Waals surface area contributed by atoms with Crippen molar-refractivity contribution in [1.82, 2.24) is 47.9 Å². The zero-order valence-corrected chi connectivity index (χ0v) is 42.1. The van der Waals surface area contributed by atoms with Crippen molar-refractivity contribution in [3.05, 3.63) is 35.9 Å². The minimum atomic E-state index is -1.59. The number of hydrogen-bond donors (Lipinski definition) is 9. The van der Waals surface area contributed by atoms with Gasteiger partial charge < -0.3 is 57.3 Å². The highest BCUT2D eigenvalue weighted by Crippen LogP contribution is 2.13. The molecule has 0 aromatic heterocycles. The van der Waals surface area contributed by atoms with Gasteiger partial charge in [0.25, 0.3) is 0 Å². The molecule has 0 unspecified atom stereocenters. The van der Waals surface area contributed by atoms with Crippen molar-refractivity contribution in [2.24, 2.45) is 23.7 Å². The first-order valence-electron chi connectivity index (χ1n) is 23.0. The third-order valence-electron chi connectivity index (χ3n) is 10.5. The van der Waals surface area contributed by atoms with Crippen molar-refractivity contribution in [3.63, 3.8) is 0 Å². The van der Waals surface area contributed by atoms with Gasteiger partial charge in [-0.05, 0) is 76.2 Å². The number of ether oxygens (including phenoxy) is 2. The van der Waals surface area contributed by atoms with Crippen LogP contribution in [0.2, 0.25) is 0 Å². The van der Waals surface area contributed by atoms with E-state index in [1.807, 2.05) is 54.5 Å². The van der Waals surface area contributed by atoms with Gasteiger partial charge in [0.15, 0.2) is 0 Å². The second-order valence-electron chi connectivity index (χ2n) is 19.2. The third-order valence-corrected chi connectivity index (χ3v) is 10.5. The Hall–Kier alpha value is -6.28. The van der Waals surface area contributed by atoms with Gasteiger partial charge in [-0.1, -0.05) is 92.1 Å². The number of amides is 9. The van der Waals surface area contributed by atoms with Gasteiger partial charge >= 0.3 is 12.1 Å². The maximum Gasteiger partial charge on any atom is 0.408 e. The molecule has 0 saturated heterocycles. The first-order chi connectivity index (χ1) is 31.6. The Morgan fingerprint density at radius 3 is 1.46 bits per heavy atom. The summed E-state index contributed by atoms with van der Waals surface area (Å²) >= 11 is 0. The average Bonchev–Trinajstić information content (AvgIpc) is 3.25. The van der Waals surface area contributed by atoms with Gasteiger partial charge in [-0.25, -0.2) is 9.59 Å². The summed E-state index contributed by atoms with van der Waals surface area (Å²) in [6.45, 7) is 18.6. The van der Waals surface area contributed by atoms with Crippen molar-refractivity contribution >= 4 is 59.3 Å². The number of benzene rings is 1. The van der Waals surface area contributed by atoms with E-state index in [9.17, 15) is 47.9 Å². The molecule has 0 aliphatic carbocycles. The molecule has 1 aromatic rings. The zero-order valence-electron chi connectivity index (χ0n) is 42.1. The first-order valence-corrected chi connectivity index (χ1v) is 23.0. The van der Waals surface area contributed by atoms with Crippen molar-refractivity contribution in [2.45, 2.75) is 151 Å². The molecule has 0 saturated carbocycles. The normalized spacial score (nSPS) is 13.6.